The zero-order valence-corrected chi connectivity index (χ0v) is 11.6. The van der Waals surface area contributed by atoms with E-state index in [2.05, 4.69) is 5.32 Å². The third-order valence-electron chi connectivity index (χ3n) is 4.37. The van der Waals surface area contributed by atoms with E-state index in [4.69, 9.17) is 4.74 Å². The van der Waals surface area contributed by atoms with Crippen molar-refractivity contribution in [1.29, 1.82) is 0 Å². The number of methoxy groups -OCH3 is 1. The number of allylic oxidation sites excluding steroid dienone is 2. The summed E-state index contributed by atoms with van der Waals surface area (Å²) in [5.41, 5.74) is 0.600. The summed E-state index contributed by atoms with van der Waals surface area (Å²) in [4.78, 5) is 23.8. The van der Waals surface area contributed by atoms with E-state index >= 15 is 0 Å². The molecule has 2 aliphatic rings. The molecule has 1 saturated carbocycles. The summed E-state index contributed by atoms with van der Waals surface area (Å²) in [5, 5.41) is 14.1. The molecular formula is C16H16NO4-. The molecule has 4 atom stereocenters. The van der Waals surface area contributed by atoms with Crippen LogP contribution in [0.4, 0.5) is 5.69 Å². The average molecular weight is 286 g/mol. The smallest absolute Gasteiger partial charge is 0.228 e. The van der Waals surface area contributed by atoms with Gasteiger partial charge in [-0.15, -0.1) is 0 Å². The van der Waals surface area contributed by atoms with Crippen LogP contribution in [-0.4, -0.2) is 19.0 Å². The quantitative estimate of drug-likeness (QED) is 0.831. The Labute approximate surface area is 122 Å². The first-order valence-electron chi connectivity index (χ1n) is 6.94. The van der Waals surface area contributed by atoms with E-state index in [9.17, 15) is 14.7 Å². The van der Waals surface area contributed by atoms with Gasteiger partial charge in [0.25, 0.3) is 0 Å². The lowest BCUT2D eigenvalue weighted by molar-refractivity contribution is -0.313. The monoisotopic (exact) mass is 286 g/mol. The van der Waals surface area contributed by atoms with Gasteiger partial charge in [-0.2, -0.15) is 0 Å². The second-order valence-electron chi connectivity index (χ2n) is 5.54. The van der Waals surface area contributed by atoms with Crippen molar-refractivity contribution in [3.05, 3.63) is 36.4 Å². The molecule has 0 aliphatic heterocycles. The van der Waals surface area contributed by atoms with Crippen molar-refractivity contribution in [3.63, 3.8) is 0 Å². The number of hydrogen-bond donors (Lipinski definition) is 1. The number of carbonyl (C=O) groups excluding carboxylic acids is 2. The molecule has 3 rings (SSSR count). The molecule has 0 heterocycles. The number of amides is 1. The topological polar surface area (TPSA) is 78.5 Å². The second kappa shape index (κ2) is 5.24. The highest BCUT2D eigenvalue weighted by Crippen LogP contribution is 2.48. The largest absolute Gasteiger partial charge is 0.550 e. The lowest BCUT2D eigenvalue weighted by Crippen LogP contribution is -2.42. The standard InChI is InChI=1S/C16H17NO4/c1-21-12-4-2-3-11(8-12)17-15(18)13-9-5-6-10(7-9)14(13)16(19)20/h2-6,8-10,13-14H,7H2,1H3,(H,17,18)(H,19,20)/p-1/t9-,10+,13-,14+/m0/s1. The second-order valence-corrected chi connectivity index (χ2v) is 5.54. The fourth-order valence-corrected chi connectivity index (χ4v) is 3.43. The minimum Gasteiger partial charge on any atom is -0.550 e. The first kappa shape index (κ1) is 13.7. The minimum absolute atomic E-state index is 0.0106. The number of aliphatic carboxylic acids is 1. The van der Waals surface area contributed by atoms with Gasteiger partial charge in [-0.25, -0.2) is 0 Å². The minimum atomic E-state index is -1.14. The van der Waals surface area contributed by atoms with Crippen molar-refractivity contribution >= 4 is 17.6 Å². The normalized spacial score (nSPS) is 29.4. The van der Waals surface area contributed by atoms with Gasteiger partial charge >= 0.3 is 0 Å². The van der Waals surface area contributed by atoms with Crippen LogP contribution in [0.3, 0.4) is 0 Å². The molecule has 5 heteroatoms. The van der Waals surface area contributed by atoms with Crippen LogP contribution >= 0.6 is 0 Å². The molecule has 1 fully saturated rings. The van der Waals surface area contributed by atoms with Gasteiger partial charge in [-0.05, 0) is 30.4 Å². The van der Waals surface area contributed by atoms with Crippen molar-refractivity contribution in [1.82, 2.24) is 0 Å². The third kappa shape index (κ3) is 2.39. The Morgan fingerprint density at radius 3 is 2.62 bits per heavy atom. The van der Waals surface area contributed by atoms with E-state index in [1.54, 1.807) is 31.4 Å². The van der Waals surface area contributed by atoms with Crippen LogP contribution in [0.2, 0.25) is 0 Å². The summed E-state index contributed by atoms with van der Waals surface area (Å²) in [6.45, 7) is 0. The lowest BCUT2D eigenvalue weighted by atomic mass is 9.82. The third-order valence-corrected chi connectivity index (χ3v) is 4.37. The fourth-order valence-electron chi connectivity index (χ4n) is 3.43. The number of nitrogens with one attached hydrogen (secondary N) is 1. The van der Waals surface area contributed by atoms with E-state index in [0.717, 1.165) is 6.42 Å². The van der Waals surface area contributed by atoms with Crippen LogP contribution in [0.5, 0.6) is 5.75 Å². The summed E-state index contributed by atoms with van der Waals surface area (Å²) in [7, 11) is 1.55. The van der Waals surface area contributed by atoms with Crippen LogP contribution in [0.15, 0.2) is 36.4 Å². The van der Waals surface area contributed by atoms with Crippen LogP contribution in [0.25, 0.3) is 0 Å². The number of hydrogen-bond acceptors (Lipinski definition) is 4. The Morgan fingerprint density at radius 1 is 1.24 bits per heavy atom. The zero-order chi connectivity index (χ0) is 15.0. The number of carboxylic acids is 1. The molecule has 1 aromatic rings. The van der Waals surface area contributed by atoms with Crippen LogP contribution in [-0.2, 0) is 9.59 Å². The molecule has 1 N–H and O–H groups in total. The summed E-state index contributed by atoms with van der Waals surface area (Å²) in [6, 6.07) is 7.00. The number of anilines is 1. The van der Waals surface area contributed by atoms with Crippen LogP contribution in [0.1, 0.15) is 6.42 Å². The fraction of sp³-hybridized carbons (Fsp3) is 0.375. The van der Waals surface area contributed by atoms with Gasteiger partial charge in [-0.1, -0.05) is 18.2 Å². The van der Waals surface area contributed by atoms with Gasteiger partial charge in [0.1, 0.15) is 5.75 Å². The molecule has 0 saturated heterocycles. The SMILES string of the molecule is COc1cccc(NC(=O)[C@@H]2[C@H](C(=O)[O-])[C@@H]3C=C[C@H]2C3)c1. The maximum atomic E-state index is 12.4. The molecule has 2 aliphatic carbocycles. The van der Waals surface area contributed by atoms with Gasteiger partial charge in [0, 0.05) is 23.6 Å². The van der Waals surface area contributed by atoms with E-state index in [1.807, 2.05) is 12.2 Å². The van der Waals surface area contributed by atoms with E-state index in [-0.39, 0.29) is 17.7 Å². The van der Waals surface area contributed by atoms with E-state index < -0.39 is 17.8 Å². The van der Waals surface area contributed by atoms with Gasteiger partial charge in [-0.3, -0.25) is 4.79 Å². The molecule has 2 bridgehead atoms. The highest BCUT2D eigenvalue weighted by atomic mass is 16.5. The molecular weight excluding hydrogens is 270 g/mol. The Hall–Kier alpha value is -2.30. The number of ether oxygens (including phenoxy) is 1. The summed E-state index contributed by atoms with van der Waals surface area (Å²) < 4.78 is 5.10. The predicted molar refractivity (Wildman–Crippen MR) is 74.3 cm³/mol. The molecule has 0 unspecified atom stereocenters. The lowest BCUT2D eigenvalue weighted by Gasteiger charge is -2.27. The zero-order valence-electron chi connectivity index (χ0n) is 11.6. The van der Waals surface area contributed by atoms with Crippen LogP contribution < -0.4 is 15.2 Å². The molecule has 21 heavy (non-hydrogen) atoms. The molecule has 0 radical (unpaired) electrons. The summed E-state index contributed by atoms with van der Waals surface area (Å²) >= 11 is 0. The first-order valence-corrected chi connectivity index (χ1v) is 6.94. The van der Waals surface area contributed by atoms with Gasteiger partial charge in [0.05, 0.1) is 13.0 Å². The highest BCUT2D eigenvalue weighted by molar-refractivity contribution is 5.96. The Kier molecular flexibility index (Phi) is 3.41. The maximum Gasteiger partial charge on any atom is 0.228 e. The maximum absolute atomic E-state index is 12.4. The van der Waals surface area contributed by atoms with Crippen molar-refractivity contribution in [2.24, 2.45) is 23.7 Å². The van der Waals surface area contributed by atoms with Crippen molar-refractivity contribution in [2.75, 3.05) is 12.4 Å². The molecule has 110 valence electrons. The number of carboxylic acid groups (broad SMARTS) is 1. The average Bonchev–Trinajstić information content (AvgIpc) is 3.07. The molecule has 5 nitrogen and oxygen atoms in total. The van der Waals surface area contributed by atoms with Crippen molar-refractivity contribution < 1.29 is 19.4 Å². The molecule has 1 amide bonds. The summed E-state index contributed by atoms with van der Waals surface area (Å²) in [6.07, 6.45) is 4.55. The number of benzene rings is 1. The Balaban J connectivity index is 1.78. The van der Waals surface area contributed by atoms with Gasteiger partial charge in [0.2, 0.25) is 5.91 Å². The van der Waals surface area contributed by atoms with Gasteiger partial charge < -0.3 is 20.0 Å². The summed E-state index contributed by atoms with van der Waals surface area (Å²) in [5.74, 6) is -2.16. The molecule has 0 spiro atoms. The van der Waals surface area contributed by atoms with E-state index in [1.165, 1.54) is 0 Å². The van der Waals surface area contributed by atoms with Crippen molar-refractivity contribution in [3.8, 4) is 5.75 Å². The molecule has 0 aromatic heterocycles. The highest BCUT2D eigenvalue weighted by Gasteiger charge is 2.48. The van der Waals surface area contributed by atoms with Crippen molar-refractivity contribution in [2.45, 2.75) is 6.42 Å². The number of fused-ring (bicyclic) bond motifs is 2. The molecule has 1 aromatic carbocycles. The Morgan fingerprint density at radius 2 is 1.95 bits per heavy atom. The Bertz CT molecular complexity index is 610. The first-order chi connectivity index (χ1) is 10.1. The predicted octanol–water partition coefficient (Wildman–Crippen LogP) is 0.822. The van der Waals surface area contributed by atoms with Gasteiger partial charge in [0.15, 0.2) is 0 Å². The van der Waals surface area contributed by atoms with E-state index in [0.29, 0.717) is 11.4 Å². The van der Waals surface area contributed by atoms with Crippen LogP contribution in [0, 0.1) is 23.7 Å². The number of rotatable bonds is 4. The number of carbonyl (C=O) groups is 2.